The summed E-state index contributed by atoms with van der Waals surface area (Å²) in [5, 5.41) is 6.35. The molecule has 0 spiro atoms. The number of amides is 1. The van der Waals surface area contributed by atoms with Crippen LogP contribution in [0.25, 0.3) is 0 Å². The van der Waals surface area contributed by atoms with E-state index in [2.05, 4.69) is 20.5 Å². The first-order valence-corrected chi connectivity index (χ1v) is 10.5. The van der Waals surface area contributed by atoms with Gasteiger partial charge in [-0.05, 0) is 50.8 Å². The molecule has 1 aliphatic rings. The van der Waals surface area contributed by atoms with Gasteiger partial charge in [0.1, 0.15) is 0 Å². The van der Waals surface area contributed by atoms with Crippen molar-refractivity contribution in [2.24, 2.45) is 10.9 Å². The molecule has 7 heteroatoms. The van der Waals surface area contributed by atoms with Crippen molar-refractivity contribution in [2.45, 2.75) is 52.6 Å². The van der Waals surface area contributed by atoms with E-state index in [4.69, 9.17) is 4.74 Å². The second-order valence-corrected chi connectivity index (χ2v) is 7.42. The number of nitrogens with zero attached hydrogens (tertiary/aromatic N) is 2. The van der Waals surface area contributed by atoms with Crippen molar-refractivity contribution in [1.82, 2.24) is 15.5 Å². The normalized spacial score (nSPS) is 18.1. The molecular formula is C22H34N4O3. The number of hydrogen-bond acceptors (Lipinski definition) is 4. The standard InChI is InChI=1S/C22H34N4O3/c1-5-16(3)25-20(27)18-10-7-9-17(13-18)14-24-22(23-4)26-12-8-11-19(15-26)21(28)29-6-2/h7,9-10,13,16,19H,5-6,8,11-12,14-15H2,1-4H3,(H,23,24)(H,25,27). The minimum Gasteiger partial charge on any atom is -0.466 e. The minimum absolute atomic E-state index is 0.0566. The van der Waals surface area contributed by atoms with Crippen molar-refractivity contribution in [2.75, 3.05) is 26.7 Å². The van der Waals surface area contributed by atoms with Gasteiger partial charge in [-0.3, -0.25) is 14.6 Å². The Morgan fingerprint density at radius 3 is 2.83 bits per heavy atom. The van der Waals surface area contributed by atoms with Gasteiger partial charge in [0, 0.05) is 38.3 Å². The van der Waals surface area contributed by atoms with Crippen LogP contribution in [0, 0.1) is 5.92 Å². The Kier molecular flexibility index (Phi) is 8.96. The molecule has 1 aromatic rings. The molecule has 7 nitrogen and oxygen atoms in total. The fourth-order valence-electron chi connectivity index (χ4n) is 3.37. The van der Waals surface area contributed by atoms with Crippen LogP contribution >= 0.6 is 0 Å². The first kappa shape index (κ1) is 22.7. The lowest BCUT2D eigenvalue weighted by Crippen LogP contribution is -2.48. The highest BCUT2D eigenvalue weighted by atomic mass is 16.5. The molecule has 2 rings (SSSR count). The van der Waals surface area contributed by atoms with Crippen LogP contribution in [0.15, 0.2) is 29.3 Å². The summed E-state index contributed by atoms with van der Waals surface area (Å²) >= 11 is 0. The summed E-state index contributed by atoms with van der Waals surface area (Å²) in [7, 11) is 1.74. The molecule has 1 aliphatic heterocycles. The molecular weight excluding hydrogens is 368 g/mol. The number of carbonyl (C=O) groups is 2. The molecule has 1 saturated heterocycles. The molecule has 1 fully saturated rings. The summed E-state index contributed by atoms with van der Waals surface area (Å²) in [6.07, 6.45) is 2.67. The van der Waals surface area contributed by atoms with Crippen LogP contribution in [-0.4, -0.2) is 55.5 Å². The third kappa shape index (κ3) is 6.76. The van der Waals surface area contributed by atoms with Crippen molar-refractivity contribution in [1.29, 1.82) is 0 Å². The van der Waals surface area contributed by atoms with E-state index in [1.165, 1.54) is 0 Å². The second kappa shape index (κ2) is 11.4. The van der Waals surface area contributed by atoms with Gasteiger partial charge in [0.05, 0.1) is 12.5 Å². The number of nitrogens with one attached hydrogen (secondary N) is 2. The lowest BCUT2D eigenvalue weighted by molar-refractivity contribution is -0.149. The zero-order valence-electron chi connectivity index (χ0n) is 18.0. The Morgan fingerprint density at radius 2 is 2.14 bits per heavy atom. The predicted octanol–water partition coefficient (Wildman–Crippen LogP) is 2.57. The van der Waals surface area contributed by atoms with Gasteiger partial charge in [-0.1, -0.05) is 19.1 Å². The number of carbonyl (C=O) groups excluding carboxylic acids is 2. The van der Waals surface area contributed by atoms with Gasteiger partial charge < -0.3 is 20.3 Å². The molecule has 1 amide bonds. The van der Waals surface area contributed by atoms with Crippen LogP contribution in [0.3, 0.4) is 0 Å². The Bertz CT molecular complexity index is 720. The molecule has 1 heterocycles. The lowest BCUT2D eigenvalue weighted by atomic mass is 9.98. The van der Waals surface area contributed by atoms with Crippen LogP contribution in [0.5, 0.6) is 0 Å². The molecule has 0 aromatic heterocycles. The van der Waals surface area contributed by atoms with Crippen molar-refractivity contribution in [3.63, 3.8) is 0 Å². The first-order valence-electron chi connectivity index (χ1n) is 10.5. The van der Waals surface area contributed by atoms with E-state index in [-0.39, 0.29) is 23.8 Å². The highest BCUT2D eigenvalue weighted by Crippen LogP contribution is 2.18. The maximum Gasteiger partial charge on any atom is 0.310 e. The Morgan fingerprint density at radius 1 is 1.34 bits per heavy atom. The summed E-state index contributed by atoms with van der Waals surface area (Å²) in [6, 6.07) is 7.75. The van der Waals surface area contributed by atoms with E-state index in [1.54, 1.807) is 7.05 Å². The number of hydrogen-bond donors (Lipinski definition) is 2. The fraction of sp³-hybridized carbons (Fsp3) is 0.591. The monoisotopic (exact) mass is 402 g/mol. The molecule has 0 bridgehead atoms. The number of piperidine rings is 1. The van der Waals surface area contributed by atoms with Gasteiger partial charge in [-0.25, -0.2) is 0 Å². The SMILES string of the molecule is CCOC(=O)C1CCCN(C(=NC)NCc2cccc(C(=O)NC(C)CC)c2)C1. The zero-order valence-corrected chi connectivity index (χ0v) is 18.0. The van der Waals surface area contributed by atoms with Gasteiger partial charge in [0.2, 0.25) is 0 Å². The molecule has 160 valence electrons. The molecule has 2 N–H and O–H groups in total. The summed E-state index contributed by atoms with van der Waals surface area (Å²) in [6.45, 7) is 8.29. The average molecular weight is 403 g/mol. The Hall–Kier alpha value is -2.57. The number of aliphatic imine (C=N–C) groups is 1. The maximum absolute atomic E-state index is 12.4. The molecule has 0 saturated carbocycles. The average Bonchev–Trinajstić information content (AvgIpc) is 2.74. The zero-order chi connectivity index (χ0) is 21.2. The van der Waals surface area contributed by atoms with Crippen molar-refractivity contribution < 1.29 is 14.3 Å². The molecule has 29 heavy (non-hydrogen) atoms. The van der Waals surface area contributed by atoms with Gasteiger partial charge in [0.15, 0.2) is 5.96 Å². The maximum atomic E-state index is 12.4. The number of ether oxygens (including phenoxy) is 1. The number of likely N-dealkylation sites (tertiary alicyclic amines) is 1. The largest absolute Gasteiger partial charge is 0.466 e. The first-order chi connectivity index (χ1) is 14.0. The van der Waals surface area contributed by atoms with Gasteiger partial charge in [0.25, 0.3) is 5.91 Å². The van der Waals surface area contributed by atoms with Crippen molar-refractivity contribution >= 4 is 17.8 Å². The molecule has 2 atom stereocenters. The quantitative estimate of drug-likeness (QED) is 0.416. The molecule has 0 aliphatic carbocycles. The molecule has 1 aromatic carbocycles. The third-order valence-electron chi connectivity index (χ3n) is 5.18. The minimum atomic E-state index is -0.132. The number of guanidine groups is 1. The fourth-order valence-corrected chi connectivity index (χ4v) is 3.37. The van der Waals surface area contributed by atoms with Gasteiger partial charge >= 0.3 is 5.97 Å². The summed E-state index contributed by atoms with van der Waals surface area (Å²) in [4.78, 5) is 30.9. The number of rotatable bonds is 7. The summed E-state index contributed by atoms with van der Waals surface area (Å²) in [5.74, 6) is 0.454. The van der Waals surface area contributed by atoms with E-state index in [0.29, 0.717) is 25.3 Å². The van der Waals surface area contributed by atoms with E-state index in [0.717, 1.165) is 37.3 Å². The van der Waals surface area contributed by atoms with Gasteiger partial charge in [-0.2, -0.15) is 0 Å². The van der Waals surface area contributed by atoms with E-state index < -0.39 is 0 Å². The summed E-state index contributed by atoms with van der Waals surface area (Å²) < 4.78 is 5.18. The van der Waals surface area contributed by atoms with Crippen LogP contribution in [-0.2, 0) is 16.1 Å². The van der Waals surface area contributed by atoms with Crippen molar-refractivity contribution in [3.05, 3.63) is 35.4 Å². The number of esters is 1. The predicted molar refractivity (Wildman–Crippen MR) is 115 cm³/mol. The van der Waals surface area contributed by atoms with Crippen LogP contribution in [0.1, 0.15) is 56.0 Å². The lowest BCUT2D eigenvalue weighted by Gasteiger charge is -2.34. The van der Waals surface area contributed by atoms with E-state index in [9.17, 15) is 9.59 Å². The highest BCUT2D eigenvalue weighted by molar-refractivity contribution is 5.94. The number of benzene rings is 1. The van der Waals surface area contributed by atoms with Gasteiger partial charge in [-0.15, -0.1) is 0 Å². The van der Waals surface area contributed by atoms with E-state index >= 15 is 0 Å². The Labute approximate surface area is 173 Å². The molecule has 2 unspecified atom stereocenters. The van der Waals surface area contributed by atoms with Crippen LogP contribution in [0.2, 0.25) is 0 Å². The smallest absolute Gasteiger partial charge is 0.310 e. The van der Waals surface area contributed by atoms with E-state index in [1.807, 2.05) is 45.0 Å². The highest BCUT2D eigenvalue weighted by Gasteiger charge is 2.28. The topological polar surface area (TPSA) is 83.0 Å². The van der Waals surface area contributed by atoms with Crippen molar-refractivity contribution in [3.8, 4) is 0 Å². The van der Waals surface area contributed by atoms with Crippen LogP contribution < -0.4 is 10.6 Å². The molecule has 0 radical (unpaired) electrons. The summed E-state index contributed by atoms with van der Waals surface area (Å²) in [5.41, 5.74) is 1.65. The second-order valence-electron chi connectivity index (χ2n) is 7.42. The third-order valence-corrected chi connectivity index (χ3v) is 5.18. The Balaban J connectivity index is 1.96. The van der Waals surface area contributed by atoms with Crippen LogP contribution in [0.4, 0.5) is 0 Å².